The predicted octanol–water partition coefficient (Wildman–Crippen LogP) is 4.34. The van der Waals surface area contributed by atoms with Crippen LogP contribution in [-0.4, -0.2) is 14.5 Å². The van der Waals surface area contributed by atoms with Gasteiger partial charge >= 0.3 is 0 Å². The molecule has 33 heavy (non-hydrogen) atoms. The fraction of sp³-hybridized carbons (Fsp3) is 0.115. The van der Waals surface area contributed by atoms with Gasteiger partial charge in [0.1, 0.15) is 12.4 Å². The lowest BCUT2D eigenvalue weighted by molar-refractivity contribution is 0.306. The third-order valence-corrected chi connectivity index (χ3v) is 5.60. The van der Waals surface area contributed by atoms with Crippen LogP contribution >= 0.6 is 0 Å². The van der Waals surface area contributed by atoms with Crippen LogP contribution in [0, 0.1) is 0 Å². The van der Waals surface area contributed by atoms with Gasteiger partial charge in [-0.15, -0.1) is 0 Å². The van der Waals surface area contributed by atoms with Crippen molar-refractivity contribution in [3.63, 3.8) is 0 Å². The Kier molecular flexibility index (Phi) is 5.36. The zero-order valence-electron chi connectivity index (χ0n) is 18.1. The monoisotopic (exact) mass is 438 g/mol. The van der Waals surface area contributed by atoms with Crippen molar-refractivity contribution >= 4 is 16.8 Å². The summed E-state index contributed by atoms with van der Waals surface area (Å²) in [5.41, 5.74) is 9.84. The smallest absolute Gasteiger partial charge is 0.261 e. The van der Waals surface area contributed by atoms with Gasteiger partial charge in [0.15, 0.2) is 11.4 Å². The summed E-state index contributed by atoms with van der Waals surface area (Å²) in [6.45, 7) is 0.290. The first-order valence-corrected chi connectivity index (χ1v) is 10.5. The minimum atomic E-state index is -0.0803. The number of hydrogen-bond acceptors (Lipinski definition) is 6. The van der Waals surface area contributed by atoms with E-state index in [4.69, 9.17) is 14.9 Å². The number of nitrogen functional groups attached to an aromatic ring is 1. The van der Waals surface area contributed by atoms with Crippen LogP contribution in [0.5, 0.6) is 5.75 Å². The van der Waals surface area contributed by atoms with E-state index in [9.17, 15) is 4.79 Å². The van der Waals surface area contributed by atoms with E-state index in [-0.39, 0.29) is 18.0 Å². The molecule has 3 heterocycles. The van der Waals surface area contributed by atoms with Crippen molar-refractivity contribution in [3.05, 3.63) is 107 Å². The van der Waals surface area contributed by atoms with Gasteiger partial charge in [-0.1, -0.05) is 54.6 Å². The van der Waals surface area contributed by atoms with Crippen LogP contribution in [0.4, 0.5) is 5.82 Å². The molecular weight excluding hydrogens is 416 g/mol. The van der Waals surface area contributed by atoms with Crippen LogP contribution < -0.4 is 16.0 Å². The number of anilines is 1. The van der Waals surface area contributed by atoms with Crippen LogP contribution in [0.3, 0.4) is 0 Å². The van der Waals surface area contributed by atoms with Crippen molar-refractivity contribution < 1.29 is 9.15 Å². The summed E-state index contributed by atoms with van der Waals surface area (Å²) < 4.78 is 13.0. The highest BCUT2D eigenvalue weighted by Gasteiger charge is 2.13. The molecule has 0 aliphatic rings. The Labute approximate surface area is 190 Å². The molecule has 0 saturated carbocycles. The Hall–Kier alpha value is -4.39. The second kappa shape index (κ2) is 8.63. The van der Waals surface area contributed by atoms with Crippen LogP contribution in [0.15, 0.2) is 88.5 Å². The highest BCUT2D eigenvalue weighted by Crippen LogP contribution is 2.31. The molecule has 5 aromatic rings. The minimum Gasteiger partial charge on any atom is -0.482 e. The Morgan fingerprint density at radius 1 is 0.970 bits per heavy atom. The Balaban J connectivity index is 1.34. The molecule has 0 saturated heterocycles. The SMILES string of the molecule is Cn1c(Cc2ccccc2)ncc(-c2ccc(COc3c(N)ncc4ccoc34)cc2)c1=O. The zero-order chi connectivity index (χ0) is 22.8. The van der Waals surface area contributed by atoms with E-state index in [0.29, 0.717) is 23.3 Å². The molecular formula is C26H22N4O3. The molecule has 164 valence electrons. The van der Waals surface area contributed by atoms with Crippen molar-refractivity contribution in [1.82, 2.24) is 14.5 Å². The first kappa shape index (κ1) is 20.5. The lowest BCUT2D eigenvalue weighted by Crippen LogP contribution is -2.23. The van der Waals surface area contributed by atoms with Gasteiger partial charge < -0.3 is 14.9 Å². The largest absolute Gasteiger partial charge is 0.482 e. The highest BCUT2D eigenvalue weighted by atomic mass is 16.5. The quantitative estimate of drug-likeness (QED) is 0.424. The maximum absolute atomic E-state index is 13.0. The fourth-order valence-electron chi connectivity index (χ4n) is 3.71. The van der Waals surface area contributed by atoms with Crippen molar-refractivity contribution in [2.75, 3.05) is 5.73 Å². The molecule has 0 bridgehead atoms. The number of fused-ring (bicyclic) bond motifs is 1. The summed E-state index contributed by atoms with van der Waals surface area (Å²) in [6.07, 6.45) is 5.47. The molecule has 0 unspecified atom stereocenters. The van der Waals surface area contributed by atoms with E-state index in [2.05, 4.69) is 9.97 Å². The van der Waals surface area contributed by atoms with Crippen LogP contribution in [0.2, 0.25) is 0 Å². The molecule has 0 atom stereocenters. The number of nitrogens with zero attached hydrogens (tertiary/aromatic N) is 3. The van der Waals surface area contributed by atoms with Gasteiger partial charge in [0, 0.05) is 31.2 Å². The van der Waals surface area contributed by atoms with E-state index in [1.807, 2.05) is 60.7 Å². The molecule has 7 heteroatoms. The van der Waals surface area contributed by atoms with Crippen LogP contribution in [0.25, 0.3) is 22.1 Å². The van der Waals surface area contributed by atoms with Gasteiger partial charge in [0.05, 0.1) is 11.8 Å². The standard InChI is InChI=1S/C26H22N4O3/c1-30-22(13-17-5-3-2-4-6-17)28-15-21(26(30)31)19-9-7-18(8-10-19)16-33-24-23-20(11-12-32-23)14-29-25(24)27/h2-12,14-15H,13,16H2,1H3,(H2,27,29). The molecule has 0 amide bonds. The molecule has 0 aliphatic carbocycles. The number of aromatic nitrogens is 3. The number of furan rings is 1. The third kappa shape index (κ3) is 4.08. The lowest BCUT2D eigenvalue weighted by atomic mass is 10.1. The van der Waals surface area contributed by atoms with Gasteiger partial charge in [-0.05, 0) is 22.8 Å². The second-order valence-electron chi connectivity index (χ2n) is 7.78. The Morgan fingerprint density at radius 3 is 2.55 bits per heavy atom. The first-order chi connectivity index (χ1) is 16.1. The summed E-state index contributed by atoms with van der Waals surface area (Å²) in [7, 11) is 1.76. The normalized spacial score (nSPS) is 11.1. The average Bonchev–Trinajstić information content (AvgIpc) is 3.32. The maximum Gasteiger partial charge on any atom is 0.261 e. The minimum absolute atomic E-state index is 0.0803. The van der Waals surface area contributed by atoms with E-state index >= 15 is 0 Å². The number of benzene rings is 2. The lowest BCUT2D eigenvalue weighted by Gasteiger charge is -2.11. The van der Waals surface area contributed by atoms with E-state index < -0.39 is 0 Å². The predicted molar refractivity (Wildman–Crippen MR) is 127 cm³/mol. The third-order valence-electron chi connectivity index (χ3n) is 5.60. The number of pyridine rings is 1. The van der Waals surface area contributed by atoms with Gasteiger partial charge in [0.2, 0.25) is 5.75 Å². The summed E-state index contributed by atoms with van der Waals surface area (Å²) in [6, 6.07) is 19.4. The van der Waals surface area contributed by atoms with Gasteiger partial charge in [-0.25, -0.2) is 9.97 Å². The number of hydrogen-bond donors (Lipinski definition) is 1. The second-order valence-corrected chi connectivity index (χ2v) is 7.78. The Bertz CT molecular complexity index is 1470. The molecule has 7 nitrogen and oxygen atoms in total. The van der Waals surface area contributed by atoms with Gasteiger partial charge in [0.25, 0.3) is 5.56 Å². The molecule has 0 fully saturated rings. The first-order valence-electron chi connectivity index (χ1n) is 10.5. The number of ether oxygens (including phenoxy) is 1. The van der Waals surface area contributed by atoms with Gasteiger partial charge in [-0.3, -0.25) is 9.36 Å². The van der Waals surface area contributed by atoms with Gasteiger partial charge in [-0.2, -0.15) is 0 Å². The van der Waals surface area contributed by atoms with E-state index in [1.54, 1.807) is 30.3 Å². The maximum atomic E-state index is 13.0. The van der Waals surface area contributed by atoms with E-state index in [0.717, 1.165) is 27.9 Å². The van der Waals surface area contributed by atoms with Crippen molar-refractivity contribution in [2.24, 2.45) is 7.05 Å². The molecule has 5 rings (SSSR count). The van der Waals surface area contributed by atoms with E-state index in [1.165, 1.54) is 0 Å². The van der Waals surface area contributed by atoms with Crippen molar-refractivity contribution in [3.8, 4) is 16.9 Å². The molecule has 2 aromatic carbocycles. The summed E-state index contributed by atoms with van der Waals surface area (Å²) in [4.78, 5) is 21.7. The molecule has 0 spiro atoms. The zero-order valence-corrected chi connectivity index (χ0v) is 18.1. The Morgan fingerprint density at radius 2 is 1.76 bits per heavy atom. The fourth-order valence-corrected chi connectivity index (χ4v) is 3.71. The summed E-state index contributed by atoms with van der Waals surface area (Å²) in [5, 5.41) is 0.827. The molecule has 0 radical (unpaired) electrons. The number of nitrogens with two attached hydrogens (primary N) is 1. The number of rotatable bonds is 6. The highest BCUT2D eigenvalue weighted by molar-refractivity contribution is 5.86. The van der Waals surface area contributed by atoms with Crippen molar-refractivity contribution in [1.29, 1.82) is 0 Å². The van der Waals surface area contributed by atoms with Crippen LogP contribution in [-0.2, 0) is 20.1 Å². The summed E-state index contributed by atoms with van der Waals surface area (Å²) in [5.74, 6) is 1.42. The topological polar surface area (TPSA) is 96.2 Å². The summed E-state index contributed by atoms with van der Waals surface area (Å²) >= 11 is 0. The van der Waals surface area contributed by atoms with Crippen molar-refractivity contribution in [2.45, 2.75) is 13.0 Å². The average molecular weight is 438 g/mol. The molecule has 2 N–H and O–H groups in total. The van der Waals surface area contributed by atoms with Crippen LogP contribution in [0.1, 0.15) is 17.0 Å². The molecule has 0 aliphatic heterocycles. The molecule has 3 aromatic heterocycles.